The summed E-state index contributed by atoms with van der Waals surface area (Å²) in [5, 5.41) is 7.51. The number of hydrogen-bond donors (Lipinski definition) is 3. The van der Waals surface area contributed by atoms with E-state index in [1.807, 2.05) is 0 Å². The van der Waals surface area contributed by atoms with E-state index in [9.17, 15) is 32.8 Å². The van der Waals surface area contributed by atoms with E-state index >= 15 is 0 Å². The van der Waals surface area contributed by atoms with Gasteiger partial charge in [0.25, 0.3) is 5.91 Å². The average Bonchev–Trinajstić information content (AvgIpc) is 3.61. The van der Waals surface area contributed by atoms with Crippen molar-refractivity contribution >= 4 is 29.6 Å². The topological polar surface area (TPSA) is 134 Å². The van der Waals surface area contributed by atoms with Gasteiger partial charge in [0.05, 0.1) is 13.2 Å². The molecule has 0 unspecified atom stereocenters. The summed E-state index contributed by atoms with van der Waals surface area (Å²) in [6.45, 7) is 6.19. The Bertz CT molecular complexity index is 851. The lowest BCUT2D eigenvalue weighted by Gasteiger charge is -2.40. The maximum absolute atomic E-state index is 13.5. The molecule has 0 aromatic rings. The van der Waals surface area contributed by atoms with Crippen LogP contribution in [0.3, 0.4) is 0 Å². The quantitative estimate of drug-likeness (QED) is 0.380. The molecule has 0 bridgehead atoms. The highest BCUT2D eigenvalue weighted by Crippen LogP contribution is 2.26. The molecule has 0 radical (unpaired) electrons. The smallest absolute Gasteiger partial charge is 0.407 e. The van der Waals surface area contributed by atoms with E-state index in [1.54, 1.807) is 20.8 Å². The molecule has 1 saturated heterocycles. The highest BCUT2D eigenvalue weighted by molar-refractivity contribution is 6.38. The van der Waals surface area contributed by atoms with Crippen molar-refractivity contribution in [1.29, 1.82) is 0 Å². The summed E-state index contributed by atoms with van der Waals surface area (Å²) in [7, 11) is 1.17. The molecular formula is C24H38F2N4O6. The van der Waals surface area contributed by atoms with Crippen LogP contribution in [0.4, 0.5) is 13.6 Å². The molecule has 4 amide bonds. The Morgan fingerprint density at radius 1 is 1.00 bits per heavy atom. The minimum atomic E-state index is -3.09. The summed E-state index contributed by atoms with van der Waals surface area (Å²) in [6, 6.07) is -3.56. The first-order valence-electron chi connectivity index (χ1n) is 12.3. The summed E-state index contributed by atoms with van der Waals surface area (Å²) in [6.07, 6.45) is 1.07. The van der Waals surface area contributed by atoms with Crippen LogP contribution in [0, 0.1) is 5.41 Å². The fraction of sp³-hybridized carbons (Fsp3) is 0.792. The Morgan fingerprint density at radius 2 is 1.64 bits per heavy atom. The van der Waals surface area contributed by atoms with Crippen LogP contribution >= 0.6 is 0 Å². The molecule has 1 aliphatic carbocycles. The lowest BCUT2D eigenvalue weighted by molar-refractivity contribution is -0.147. The van der Waals surface area contributed by atoms with Gasteiger partial charge in [-0.25, -0.2) is 13.6 Å². The second-order valence-electron chi connectivity index (χ2n) is 10.8. The lowest BCUT2D eigenvalue weighted by Crippen LogP contribution is -2.61. The molecule has 0 aromatic heterocycles. The normalized spacial score (nSPS) is 20.1. The maximum atomic E-state index is 13.5. The fourth-order valence-electron chi connectivity index (χ4n) is 4.04. The molecule has 2 aliphatic rings. The number of amides is 4. The molecule has 1 saturated carbocycles. The van der Waals surface area contributed by atoms with E-state index in [-0.39, 0.29) is 19.0 Å². The number of hydrogen-bond acceptors (Lipinski definition) is 6. The first kappa shape index (κ1) is 29.4. The number of likely N-dealkylation sites (tertiary alicyclic amines) is 1. The number of alkyl halides is 2. The molecule has 0 spiro atoms. The van der Waals surface area contributed by atoms with Crippen molar-refractivity contribution in [2.24, 2.45) is 5.41 Å². The number of alkyl carbamates (subject to hydrolysis) is 1. The Labute approximate surface area is 210 Å². The Morgan fingerprint density at radius 3 is 2.17 bits per heavy atom. The van der Waals surface area contributed by atoms with Crippen LogP contribution in [0.1, 0.15) is 72.6 Å². The zero-order valence-electron chi connectivity index (χ0n) is 21.6. The van der Waals surface area contributed by atoms with Crippen LogP contribution in [0.2, 0.25) is 0 Å². The monoisotopic (exact) mass is 516 g/mol. The van der Waals surface area contributed by atoms with Gasteiger partial charge in [0.15, 0.2) is 0 Å². The first-order chi connectivity index (χ1) is 16.6. The zero-order chi connectivity index (χ0) is 27.3. The van der Waals surface area contributed by atoms with Gasteiger partial charge in [0.2, 0.25) is 23.5 Å². The van der Waals surface area contributed by atoms with Crippen LogP contribution in [0.15, 0.2) is 0 Å². The molecule has 2 rings (SSSR count). The third-order valence-electron chi connectivity index (χ3n) is 6.29. The summed E-state index contributed by atoms with van der Waals surface area (Å²) in [4.78, 5) is 65.0. The van der Waals surface area contributed by atoms with E-state index in [1.165, 1.54) is 12.0 Å². The van der Waals surface area contributed by atoms with E-state index in [0.717, 1.165) is 12.8 Å². The van der Waals surface area contributed by atoms with Crippen LogP contribution in [-0.2, 0) is 23.9 Å². The minimum Gasteiger partial charge on any atom is -0.453 e. The number of Topliss-reactive ketones (excluding diaryl/α,β-unsaturated/α-hetero) is 1. The van der Waals surface area contributed by atoms with Crippen LogP contribution < -0.4 is 16.0 Å². The Kier molecular flexibility index (Phi) is 9.78. The number of nitrogens with zero attached hydrogens (tertiary/aromatic N) is 1. The van der Waals surface area contributed by atoms with Gasteiger partial charge in [-0.1, -0.05) is 20.8 Å². The first-order valence-corrected chi connectivity index (χ1v) is 12.3. The van der Waals surface area contributed by atoms with Crippen LogP contribution in [-0.4, -0.2) is 78.2 Å². The molecule has 1 heterocycles. The standard InChI is InChI=1S/C24H38F2N4O6/c1-23(2,3)18(29-22(35)36-5)21(34)30-13-7-6-8-16(30)19(32)28-15(11-12-24(4,25)26)17(31)20(33)27-14-9-10-14/h14-16,18H,6-13H2,1-5H3,(H,27,33)(H,28,32)(H,29,35)/t15-,16+,18+/m0/s1. The van der Waals surface area contributed by atoms with Crippen molar-refractivity contribution in [2.75, 3.05) is 13.7 Å². The largest absolute Gasteiger partial charge is 0.453 e. The zero-order valence-corrected chi connectivity index (χ0v) is 21.6. The number of carbonyl (C=O) groups is 5. The number of ketones is 1. The minimum absolute atomic E-state index is 0.117. The molecule has 1 aliphatic heterocycles. The number of halogens is 2. The number of rotatable bonds is 10. The van der Waals surface area contributed by atoms with Gasteiger partial charge < -0.3 is 25.6 Å². The lowest BCUT2D eigenvalue weighted by atomic mass is 9.85. The van der Waals surface area contributed by atoms with Crippen molar-refractivity contribution in [2.45, 2.75) is 103 Å². The molecular weight excluding hydrogens is 478 g/mol. The highest BCUT2D eigenvalue weighted by Gasteiger charge is 2.42. The van der Waals surface area contributed by atoms with E-state index in [2.05, 4.69) is 20.7 Å². The maximum Gasteiger partial charge on any atom is 0.407 e. The SMILES string of the molecule is COC(=O)N[C@H](C(=O)N1CCCC[C@@H]1C(=O)N[C@@H](CCC(C)(F)F)C(=O)C(=O)NC1CC1)C(C)(C)C. The number of piperidine rings is 1. The molecule has 2 fully saturated rings. The van der Waals surface area contributed by atoms with Gasteiger partial charge in [-0.15, -0.1) is 0 Å². The van der Waals surface area contributed by atoms with Gasteiger partial charge in [-0.05, 0) is 50.9 Å². The van der Waals surface area contributed by atoms with Crippen molar-refractivity contribution in [3.8, 4) is 0 Å². The van der Waals surface area contributed by atoms with Gasteiger partial charge in [0.1, 0.15) is 12.1 Å². The summed E-state index contributed by atoms with van der Waals surface area (Å²) in [5.74, 6) is -6.21. The van der Waals surface area contributed by atoms with Gasteiger partial charge >= 0.3 is 6.09 Å². The van der Waals surface area contributed by atoms with Crippen molar-refractivity contribution in [3.63, 3.8) is 0 Å². The number of ether oxygens (including phenoxy) is 1. The van der Waals surface area contributed by atoms with Gasteiger partial charge in [0, 0.05) is 19.0 Å². The second-order valence-corrected chi connectivity index (χ2v) is 10.8. The number of carbonyl (C=O) groups excluding carboxylic acids is 5. The highest BCUT2D eigenvalue weighted by atomic mass is 19.3. The Balaban J connectivity index is 2.21. The predicted molar refractivity (Wildman–Crippen MR) is 126 cm³/mol. The molecule has 204 valence electrons. The van der Waals surface area contributed by atoms with E-state index < -0.39 is 71.9 Å². The van der Waals surface area contributed by atoms with Gasteiger partial charge in [-0.3, -0.25) is 19.2 Å². The van der Waals surface area contributed by atoms with Crippen molar-refractivity contribution < 1.29 is 37.5 Å². The van der Waals surface area contributed by atoms with Crippen LogP contribution in [0.25, 0.3) is 0 Å². The van der Waals surface area contributed by atoms with Crippen molar-refractivity contribution in [3.05, 3.63) is 0 Å². The second kappa shape index (κ2) is 12.0. The molecule has 10 nitrogen and oxygen atoms in total. The summed E-state index contributed by atoms with van der Waals surface area (Å²) in [5.41, 5.74) is -0.712. The summed E-state index contributed by atoms with van der Waals surface area (Å²) < 4.78 is 31.7. The summed E-state index contributed by atoms with van der Waals surface area (Å²) >= 11 is 0. The number of methoxy groups -OCH3 is 1. The van der Waals surface area contributed by atoms with E-state index in [4.69, 9.17) is 0 Å². The molecule has 36 heavy (non-hydrogen) atoms. The number of nitrogens with one attached hydrogen (secondary N) is 3. The average molecular weight is 517 g/mol. The van der Waals surface area contributed by atoms with Crippen LogP contribution in [0.5, 0.6) is 0 Å². The predicted octanol–water partition coefficient (Wildman–Crippen LogP) is 1.91. The molecule has 12 heteroatoms. The molecule has 3 atom stereocenters. The molecule has 0 aromatic carbocycles. The third kappa shape index (κ3) is 8.70. The van der Waals surface area contributed by atoms with Gasteiger partial charge in [-0.2, -0.15) is 0 Å². The Hall–Kier alpha value is -2.79. The third-order valence-corrected chi connectivity index (χ3v) is 6.29. The van der Waals surface area contributed by atoms with Crippen molar-refractivity contribution in [1.82, 2.24) is 20.9 Å². The van der Waals surface area contributed by atoms with E-state index in [0.29, 0.717) is 19.8 Å². The fourth-order valence-corrected chi connectivity index (χ4v) is 4.04. The molecule has 3 N–H and O–H groups in total.